The molecule has 1 unspecified atom stereocenters. The molecule has 26 heavy (non-hydrogen) atoms. The van der Waals surface area contributed by atoms with Gasteiger partial charge in [-0.1, -0.05) is 0 Å². The average Bonchev–Trinajstić information content (AvgIpc) is 2.99. The van der Waals surface area contributed by atoms with Crippen molar-refractivity contribution in [1.82, 2.24) is 15.3 Å². The predicted molar refractivity (Wildman–Crippen MR) is 106 cm³/mol. The minimum absolute atomic E-state index is 0.0667. The van der Waals surface area contributed by atoms with E-state index in [1.165, 1.54) is 6.42 Å². The van der Waals surface area contributed by atoms with Crippen molar-refractivity contribution in [3.05, 3.63) is 6.20 Å². The van der Waals surface area contributed by atoms with Crippen molar-refractivity contribution in [3.8, 4) is 0 Å². The van der Waals surface area contributed by atoms with Crippen LogP contribution in [0.25, 0.3) is 0 Å². The second kappa shape index (κ2) is 9.56. The van der Waals surface area contributed by atoms with Gasteiger partial charge in [-0.3, -0.25) is 4.79 Å². The number of aromatic nitrogens is 2. The molecule has 0 bridgehead atoms. The number of nitrogens with one attached hydrogen (secondary N) is 3. The standard InChI is InChI=1S/C13H24N6.C5H10O2/c1-13(2,3)19-12-17-8-10(14)11(18-12)16-7-9-4-5-15-6-9;1-5(2,3)7-4-6/h8-9,15H,4-7,14H2,1-3H3,(H2,16,17,18,19);4H,1-3H3. The molecule has 2 heterocycles. The van der Waals surface area contributed by atoms with Crippen LogP contribution in [0, 0.1) is 5.92 Å². The number of anilines is 3. The van der Waals surface area contributed by atoms with Crippen LogP contribution in [0.3, 0.4) is 0 Å². The van der Waals surface area contributed by atoms with Gasteiger partial charge in [-0.25, -0.2) is 4.98 Å². The third kappa shape index (κ3) is 9.41. The third-order valence-electron chi connectivity index (χ3n) is 3.43. The summed E-state index contributed by atoms with van der Waals surface area (Å²) in [7, 11) is 0. The molecule has 0 amide bonds. The lowest BCUT2D eigenvalue weighted by atomic mass is 10.1. The monoisotopic (exact) mass is 366 g/mol. The molecule has 2 rings (SSSR count). The van der Waals surface area contributed by atoms with Gasteiger partial charge >= 0.3 is 0 Å². The van der Waals surface area contributed by atoms with Crippen molar-refractivity contribution in [2.75, 3.05) is 36.0 Å². The van der Waals surface area contributed by atoms with Crippen molar-refractivity contribution in [1.29, 1.82) is 0 Å². The van der Waals surface area contributed by atoms with E-state index in [-0.39, 0.29) is 11.1 Å². The van der Waals surface area contributed by atoms with E-state index in [9.17, 15) is 4.79 Å². The fraction of sp³-hybridized carbons (Fsp3) is 0.722. The lowest BCUT2D eigenvalue weighted by Crippen LogP contribution is -2.27. The van der Waals surface area contributed by atoms with E-state index in [2.05, 4.69) is 51.4 Å². The highest BCUT2D eigenvalue weighted by Crippen LogP contribution is 2.19. The number of carbonyl (C=O) groups is 1. The molecule has 0 aromatic carbocycles. The smallest absolute Gasteiger partial charge is 0.293 e. The normalized spacial score (nSPS) is 17.1. The van der Waals surface area contributed by atoms with Gasteiger partial charge in [-0.05, 0) is 67.0 Å². The van der Waals surface area contributed by atoms with Gasteiger partial charge < -0.3 is 26.4 Å². The van der Waals surface area contributed by atoms with Crippen LogP contribution < -0.4 is 21.7 Å². The van der Waals surface area contributed by atoms with Crippen molar-refractivity contribution in [3.63, 3.8) is 0 Å². The maximum atomic E-state index is 9.60. The first-order valence-corrected chi connectivity index (χ1v) is 8.97. The summed E-state index contributed by atoms with van der Waals surface area (Å²) in [6.45, 7) is 15.2. The molecule has 1 atom stereocenters. The van der Waals surface area contributed by atoms with E-state index in [0.717, 1.165) is 19.6 Å². The molecule has 1 aliphatic heterocycles. The Bertz CT molecular complexity index is 560. The van der Waals surface area contributed by atoms with Crippen molar-refractivity contribution in [2.24, 2.45) is 5.92 Å². The van der Waals surface area contributed by atoms with Crippen LogP contribution >= 0.6 is 0 Å². The Balaban J connectivity index is 0.000000412. The Hall–Kier alpha value is -2.09. The summed E-state index contributed by atoms with van der Waals surface area (Å²) in [5.74, 6) is 1.97. The van der Waals surface area contributed by atoms with Gasteiger partial charge in [0.15, 0.2) is 5.82 Å². The molecular weight excluding hydrogens is 332 g/mol. The number of ether oxygens (including phenoxy) is 1. The average molecular weight is 367 g/mol. The second-order valence-electron chi connectivity index (χ2n) is 8.44. The molecule has 1 fully saturated rings. The summed E-state index contributed by atoms with van der Waals surface area (Å²) in [6.07, 6.45) is 2.85. The van der Waals surface area contributed by atoms with Crippen molar-refractivity contribution >= 4 is 23.9 Å². The molecule has 0 saturated carbocycles. The van der Waals surface area contributed by atoms with E-state index in [4.69, 9.17) is 5.73 Å². The molecule has 0 aliphatic carbocycles. The Morgan fingerprint density at radius 3 is 2.50 bits per heavy atom. The number of nitrogen functional groups attached to an aromatic ring is 1. The molecule has 8 nitrogen and oxygen atoms in total. The SMILES string of the molecule is CC(C)(C)Nc1ncc(N)c(NCC2CCNC2)n1.CC(C)(C)OC=O. The molecule has 1 saturated heterocycles. The van der Waals surface area contributed by atoms with Crippen LogP contribution in [0.1, 0.15) is 48.0 Å². The summed E-state index contributed by atoms with van der Waals surface area (Å²) in [5, 5.41) is 9.92. The summed E-state index contributed by atoms with van der Waals surface area (Å²) in [5.41, 5.74) is 6.11. The molecule has 5 N–H and O–H groups in total. The molecule has 0 radical (unpaired) electrons. The molecule has 1 aromatic rings. The number of nitrogens with two attached hydrogens (primary N) is 1. The van der Waals surface area contributed by atoms with Crippen LogP contribution in [0.5, 0.6) is 0 Å². The number of hydrogen-bond donors (Lipinski definition) is 4. The lowest BCUT2D eigenvalue weighted by molar-refractivity contribution is -0.138. The van der Waals surface area contributed by atoms with Gasteiger partial charge in [0.1, 0.15) is 5.60 Å². The highest BCUT2D eigenvalue weighted by Gasteiger charge is 2.16. The van der Waals surface area contributed by atoms with Gasteiger partial charge in [0.05, 0.1) is 11.9 Å². The van der Waals surface area contributed by atoms with E-state index in [0.29, 0.717) is 29.8 Å². The van der Waals surface area contributed by atoms with Gasteiger partial charge in [-0.15, -0.1) is 0 Å². The third-order valence-corrected chi connectivity index (χ3v) is 3.43. The second-order valence-corrected chi connectivity index (χ2v) is 8.44. The summed E-state index contributed by atoms with van der Waals surface area (Å²) < 4.78 is 4.55. The van der Waals surface area contributed by atoms with Crippen molar-refractivity contribution in [2.45, 2.75) is 59.1 Å². The van der Waals surface area contributed by atoms with Crippen LogP contribution in [-0.4, -0.2) is 47.2 Å². The zero-order valence-electron chi connectivity index (χ0n) is 16.8. The summed E-state index contributed by atoms with van der Waals surface area (Å²) in [6, 6.07) is 0. The number of nitrogens with zero attached hydrogens (tertiary/aromatic N) is 2. The topological polar surface area (TPSA) is 114 Å². The van der Waals surface area contributed by atoms with E-state index in [1.54, 1.807) is 6.20 Å². The molecule has 148 valence electrons. The van der Waals surface area contributed by atoms with Crippen LogP contribution in [0.4, 0.5) is 17.5 Å². The zero-order chi connectivity index (χ0) is 19.8. The van der Waals surface area contributed by atoms with Crippen LogP contribution in [0.2, 0.25) is 0 Å². The maximum Gasteiger partial charge on any atom is 0.293 e. The Morgan fingerprint density at radius 2 is 2.04 bits per heavy atom. The molecule has 1 aromatic heterocycles. The first-order valence-electron chi connectivity index (χ1n) is 8.97. The Kier molecular flexibility index (Phi) is 8.08. The largest absolute Gasteiger partial charge is 0.462 e. The van der Waals surface area contributed by atoms with E-state index < -0.39 is 0 Å². The van der Waals surface area contributed by atoms with Gasteiger partial charge in [0.2, 0.25) is 5.95 Å². The highest BCUT2D eigenvalue weighted by molar-refractivity contribution is 5.61. The lowest BCUT2D eigenvalue weighted by Gasteiger charge is -2.21. The molecule has 8 heteroatoms. The molecular formula is C18H34N6O2. The predicted octanol–water partition coefficient (Wildman–Crippen LogP) is 2.25. The quantitative estimate of drug-likeness (QED) is 0.587. The van der Waals surface area contributed by atoms with Gasteiger partial charge in [0, 0.05) is 12.1 Å². The number of rotatable bonds is 5. The Morgan fingerprint density at radius 1 is 1.35 bits per heavy atom. The number of carbonyl (C=O) groups excluding carboxylic acids is 1. The van der Waals surface area contributed by atoms with Gasteiger partial charge in [-0.2, -0.15) is 4.98 Å². The highest BCUT2D eigenvalue weighted by atomic mass is 16.5. The fourth-order valence-electron chi connectivity index (χ4n) is 2.20. The van der Waals surface area contributed by atoms with E-state index >= 15 is 0 Å². The minimum Gasteiger partial charge on any atom is -0.462 e. The van der Waals surface area contributed by atoms with Crippen LogP contribution in [-0.2, 0) is 9.53 Å². The van der Waals surface area contributed by atoms with E-state index in [1.807, 2.05) is 20.8 Å². The maximum absolute atomic E-state index is 9.60. The minimum atomic E-state index is -0.318. The van der Waals surface area contributed by atoms with Crippen LogP contribution in [0.15, 0.2) is 6.20 Å². The molecule has 1 aliphatic rings. The fourth-order valence-corrected chi connectivity index (χ4v) is 2.20. The first kappa shape index (κ1) is 22.0. The molecule has 0 spiro atoms. The Labute approximate surface area is 156 Å². The van der Waals surface area contributed by atoms with Gasteiger partial charge in [0.25, 0.3) is 6.47 Å². The summed E-state index contributed by atoms with van der Waals surface area (Å²) >= 11 is 0. The number of hydrogen-bond acceptors (Lipinski definition) is 8. The first-order chi connectivity index (χ1) is 12.0. The zero-order valence-corrected chi connectivity index (χ0v) is 16.8. The summed E-state index contributed by atoms with van der Waals surface area (Å²) in [4.78, 5) is 18.2. The van der Waals surface area contributed by atoms with Crippen molar-refractivity contribution < 1.29 is 9.53 Å².